The molecular formula is C22H29ClN2O3. The highest BCUT2D eigenvalue weighted by Gasteiger charge is 2.27. The Balaban J connectivity index is 0.00000280. The van der Waals surface area contributed by atoms with Crippen molar-refractivity contribution in [3.8, 4) is 17.2 Å². The van der Waals surface area contributed by atoms with Gasteiger partial charge in [-0.25, -0.2) is 0 Å². The van der Waals surface area contributed by atoms with Crippen molar-refractivity contribution in [1.82, 2.24) is 4.90 Å². The minimum atomic E-state index is 0. The number of amides is 1. The summed E-state index contributed by atoms with van der Waals surface area (Å²) in [5.74, 6) is 2.31. The van der Waals surface area contributed by atoms with E-state index >= 15 is 0 Å². The molecule has 1 atom stereocenters. The van der Waals surface area contributed by atoms with Crippen molar-refractivity contribution >= 4 is 18.3 Å². The fraction of sp³-hybridized carbons (Fsp3) is 0.409. The number of benzene rings is 2. The average Bonchev–Trinajstić information content (AvgIpc) is 2.69. The van der Waals surface area contributed by atoms with Crippen LogP contribution in [0.2, 0.25) is 0 Å². The van der Waals surface area contributed by atoms with E-state index in [2.05, 4.69) is 0 Å². The van der Waals surface area contributed by atoms with Gasteiger partial charge in [0.2, 0.25) is 0 Å². The molecule has 1 aliphatic heterocycles. The molecule has 0 radical (unpaired) electrons. The van der Waals surface area contributed by atoms with Gasteiger partial charge in [0.15, 0.2) is 11.5 Å². The summed E-state index contributed by atoms with van der Waals surface area (Å²) in [7, 11) is 0. The van der Waals surface area contributed by atoms with Crippen LogP contribution in [0.3, 0.4) is 0 Å². The molecule has 2 aromatic rings. The van der Waals surface area contributed by atoms with Crippen LogP contribution in [0.4, 0.5) is 0 Å². The van der Waals surface area contributed by atoms with Gasteiger partial charge >= 0.3 is 0 Å². The topological polar surface area (TPSA) is 64.8 Å². The van der Waals surface area contributed by atoms with Gasteiger partial charge in [0.1, 0.15) is 5.75 Å². The largest absolute Gasteiger partial charge is 0.490 e. The molecule has 0 saturated carbocycles. The van der Waals surface area contributed by atoms with Gasteiger partial charge in [-0.15, -0.1) is 12.4 Å². The van der Waals surface area contributed by atoms with E-state index in [1.54, 1.807) is 0 Å². The van der Waals surface area contributed by atoms with E-state index in [0.29, 0.717) is 35.3 Å². The summed E-state index contributed by atoms with van der Waals surface area (Å²) in [6, 6.07) is 15.1. The molecule has 152 valence electrons. The van der Waals surface area contributed by atoms with Crippen LogP contribution in [0.5, 0.6) is 17.2 Å². The molecular weight excluding hydrogens is 376 g/mol. The van der Waals surface area contributed by atoms with Crippen molar-refractivity contribution < 1.29 is 14.3 Å². The number of para-hydroxylation sites is 3. The number of hydrogen-bond acceptors (Lipinski definition) is 4. The molecule has 0 aromatic heterocycles. The molecule has 1 aliphatic rings. The second-order valence-electron chi connectivity index (χ2n) is 6.97. The number of nitrogens with two attached hydrogens (primary N) is 1. The fourth-order valence-electron chi connectivity index (χ4n) is 3.46. The normalized spacial score (nSPS) is 15.5. The number of ether oxygens (including phenoxy) is 2. The number of rotatable bonds is 6. The van der Waals surface area contributed by atoms with Crippen LogP contribution in [-0.2, 0) is 0 Å². The average molecular weight is 405 g/mol. The third kappa shape index (κ3) is 5.18. The molecule has 5 nitrogen and oxygen atoms in total. The Morgan fingerprint density at radius 3 is 2.25 bits per heavy atom. The first-order valence-corrected chi connectivity index (χ1v) is 9.63. The third-order valence-corrected chi connectivity index (χ3v) is 5.06. The SMILES string of the molecule is CCOc1ccccc1Oc1ccccc1C(=O)N1CCC(C(C)N)CC1.Cl. The summed E-state index contributed by atoms with van der Waals surface area (Å²) < 4.78 is 11.7. The van der Waals surface area contributed by atoms with Crippen LogP contribution >= 0.6 is 12.4 Å². The van der Waals surface area contributed by atoms with Crippen molar-refractivity contribution in [2.45, 2.75) is 32.7 Å². The van der Waals surface area contributed by atoms with E-state index in [9.17, 15) is 4.79 Å². The maximum atomic E-state index is 13.1. The van der Waals surface area contributed by atoms with E-state index in [-0.39, 0.29) is 24.4 Å². The molecule has 0 bridgehead atoms. The first-order valence-electron chi connectivity index (χ1n) is 9.63. The molecule has 0 spiro atoms. The summed E-state index contributed by atoms with van der Waals surface area (Å²) in [5, 5.41) is 0. The number of likely N-dealkylation sites (tertiary alicyclic amines) is 1. The van der Waals surface area contributed by atoms with Crippen molar-refractivity contribution in [2.75, 3.05) is 19.7 Å². The van der Waals surface area contributed by atoms with Crippen molar-refractivity contribution in [3.05, 3.63) is 54.1 Å². The highest BCUT2D eigenvalue weighted by atomic mass is 35.5. The number of halogens is 1. The molecule has 2 N–H and O–H groups in total. The Morgan fingerprint density at radius 2 is 1.64 bits per heavy atom. The minimum absolute atomic E-state index is 0. The molecule has 1 fully saturated rings. The molecule has 2 aromatic carbocycles. The molecule has 1 heterocycles. The lowest BCUT2D eigenvalue weighted by Crippen LogP contribution is -2.42. The zero-order valence-electron chi connectivity index (χ0n) is 16.5. The van der Waals surface area contributed by atoms with Gasteiger partial charge in [0, 0.05) is 19.1 Å². The van der Waals surface area contributed by atoms with Gasteiger partial charge in [0.05, 0.1) is 12.2 Å². The van der Waals surface area contributed by atoms with Crippen LogP contribution in [0.1, 0.15) is 37.0 Å². The monoisotopic (exact) mass is 404 g/mol. The van der Waals surface area contributed by atoms with E-state index in [1.165, 1.54) is 0 Å². The first kappa shape index (κ1) is 22.1. The number of piperidine rings is 1. The van der Waals surface area contributed by atoms with E-state index < -0.39 is 0 Å². The third-order valence-electron chi connectivity index (χ3n) is 5.06. The van der Waals surface area contributed by atoms with Crippen LogP contribution in [0, 0.1) is 5.92 Å². The maximum Gasteiger partial charge on any atom is 0.257 e. The smallest absolute Gasteiger partial charge is 0.257 e. The van der Waals surface area contributed by atoms with E-state index in [1.807, 2.05) is 67.3 Å². The zero-order chi connectivity index (χ0) is 19.2. The Bertz CT molecular complexity index is 774. The Morgan fingerprint density at radius 1 is 1.07 bits per heavy atom. The number of carbonyl (C=O) groups excluding carboxylic acids is 1. The molecule has 6 heteroatoms. The molecule has 1 unspecified atom stereocenters. The summed E-state index contributed by atoms with van der Waals surface area (Å²) in [6.45, 7) is 5.99. The van der Waals surface area contributed by atoms with E-state index in [0.717, 1.165) is 25.9 Å². The van der Waals surface area contributed by atoms with Crippen LogP contribution < -0.4 is 15.2 Å². The second-order valence-corrected chi connectivity index (χ2v) is 6.97. The van der Waals surface area contributed by atoms with Gasteiger partial charge in [-0.2, -0.15) is 0 Å². The minimum Gasteiger partial charge on any atom is -0.490 e. The molecule has 1 saturated heterocycles. The summed E-state index contributed by atoms with van der Waals surface area (Å²) in [6.07, 6.45) is 1.89. The van der Waals surface area contributed by atoms with Crippen molar-refractivity contribution in [3.63, 3.8) is 0 Å². The van der Waals surface area contributed by atoms with Crippen LogP contribution in [-0.4, -0.2) is 36.5 Å². The summed E-state index contributed by atoms with van der Waals surface area (Å²) >= 11 is 0. The Hall–Kier alpha value is -2.24. The van der Waals surface area contributed by atoms with Gasteiger partial charge < -0.3 is 20.1 Å². The molecule has 1 amide bonds. The number of hydrogen-bond donors (Lipinski definition) is 1. The first-order chi connectivity index (χ1) is 13.1. The summed E-state index contributed by atoms with van der Waals surface area (Å²) in [5.41, 5.74) is 6.59. The lowest BCUT2D eigenvalue weighted by Gasteiger charge is -2.34. The van der Waals surface area contributed by atoms with Crippen LogP contribution in [0.25, 0.3) is 0 Å². The predicted octanol–water partition coefficient (Wildman–Crippen LogP) is 4.50. The fourth-order valence-corrected chi connectivity index (χ4v) is 3.46. The standard InChI is InChI=1S/C22H28N2O3.ClH/c1-3-26-20-10-6-7-11-21(20)27-19-9-5-4-8-18(19)22(25)24-14-12-17(13-15-24)16(2)23;/h4-11,16-17H,3,12-15,23H2,1-2H3;1H. The highest BCUT2D eigenvalue weighted by molar-refractivity contribution is 5.97. The predicted molar refractivity (Wildman–Crippen MR) is 114 cm³/mol. The number of carbonyl (C=O) groups is 1. The van der Waals surface area contributed by atoms with Gasteiger partial charge in [-0.1, -0.05) is 24.3 Å². The van der Waals surface area contributed by atoms with Gasteiger partial charge in [0.25, 0.3) is 5.91 Å². The lowest BCUT2D eigenvalue weighted by atomic mass is 9.90. The number of nitrogens with zero attached hydrogens (tertiary/aromatic N) is 1. The molecule has 3 rings (SSSR count). The quantitative estimate of drug-likeness (QED) is 0.769. The zero-order valence-corrected chi connectivity index (χ0v) is 17.3. The van der Waals surface area contributed by atoms with Gasteiger partial charge in [-0.05, 0) is 56.9 Å². The van der Waals surface area contributed by atoms with Gasteiger partial charge in [-0.3, -0.25) is 4.79 Å². The lowest BCUT2D eigenvalue weighted by molar-refractivity contribution is 0.0678. The highest BCUT2D eigenvalue weighted by Crippen LogP contribution is 2.33. The Kier molecular flexibility index (Phi) is 8.15. The Labute approximate surface area is 173 Å². The van der Waals surface area contributed by atoms with Crippen molar-refractivity contribution in [1.29, 1.82) is 0 Å². The second kappa shape index (κ2) is 10.3. The van der Waals surface area contributed by atoms with Crippen LogP contribution in [0.15, 0.2) is 48.5 Å². The molecule has 28 heavy (non-hydrogen) atoms. The molecule has 0 aliphatic carbocycles. The summed E-state index contributed by atoms with van der Waals surface area (Å²) in [4.78, 5) is 15.0. The maximum absolute atomic E-state index is 13.1. The van der Waals surface area contributed by atoms with E-state index in [4.69, 9.17) is 15.2 Å². The van der Waals surface area contributed by atoms with Crippen molar-refractivity contribution in [2.24, 2.45) is 11.7 Å².